The second-order valence-electron chi connectivity index (χ2n) is 7.49. The fourth-order valence-electron chi connectivity index (χ4n) is 3.82. The second kappa shape index (κ2) is 7.97. The minimum Gasteiger partial charge on any atom is -0.340 e. The molecule has 2 aromatic heterocycles. The number of hydrogen-bond acceptors (Lipinski definition) is 7. The summed E-state index contributed by atoms with van der Waals surface area (Å²) in [5, 5.41) is 12.3. The van der Waals surface area contributed by atoms with Crippen LogP contribution in [0.15, 0.2) is 59.8 Å². The molecule has 2 heterocycles. The van der Waals surface area contributed by atoms with Crippen LogP contribution in [0.3, 0.4) is 0 Å². The van der Waals surface area contributed by atoms with Gasteiger partial charge in [0.25, 0.3) is 5.91 Å². The highest BCUT2D eigenvalue weighted by atomic mass is 32.2. The number of aryl methyl sites for hydroxylation is 2. The van der Waals surface area contributed by atoms with Crippen molar-refractivity contribution in [1.29, 1.82) is 0 Å². The van der Waals surface area contributed by atoms with Crippen LogP contribution in [0, 0.1) is 0 Å². The molecule has 8 nitrogen and oxygen atoms in total. The molecule has 0 fully saturated rings. The number of primary sulfonamides is 1. The minimum absolute atomic E-state index is 0.0640. The number of anilines is 3. The molecule has 0 radical (unpaired) electrons. The van der Waals surface area contributed by atoms with Gasteiger partial charge in [-0.15, -0.1) is 11.3 Å². The van der Waals surface area contributed by atoms with E-state index in [4.69, 9.17) is 5.14 Å². The highest BCUT2D eigenvalue weighted by Gasteiger charge is 2.21. The first-order valence-corrected chi connectivity index (χ1v) is 12.3. The molecule has 32 heavy (non-hydrogen) atoms. The van der Waals surface area contributed by atoms with Gasteiger partial charge in [-0.2, -0.15) is 0 Å². The first kappa shape index (κ1) is 20.6. The summed E-state index contributed by atoms with van der Waals surface area (Å²) < 4.78 is 23.0. The first-order chi connectivity index (χ1) is 15.4. The molecule has 4 N–H and O–H groups in total. The van der Waals surface area contributed by atoms with E-state index in [-0.39, 0.29) is 10.8 Å². The van der Waals surface area contributed by atoms with Crippen molar-refractivity contribution in [3.8, 4) is 0 Å². The molecular weight excluding hydrogens is 446 g/mol. The summed E-state index contributed by atoms with van der Waals surface area (Å²) in [4.78, 5) is 23.8. The smallest absolute Gasteiger partial charge is 0.255 e. The summed E-state index contributed by atoms with van der Waals surface area (Å²) in [7, 11) is -3.85. The molecule has 1 aliphatic carbocycles. The average molecular weight is 466 g/mol. The largest absolute Gasteiger partial charge is 0.340 e. The van der Waals surface area contributed by atoms with E-state index in [0.717, 1.165) is 41.0 Å². The van der Waals surface area contributed by atoms with E-state index in [1.165, 1.54) is 28.6 Å². The molecule has 0 spiro atoms. The SMILES string of the molecule is NS(=O)(=O)c1cccc(NC(=O)c2ccc(Nc3ncnc4sc5c(c34)CCC5)cc2)c1. The van der Waals surface area contributed by atoms with Crippen molar-refractivity contribution >= 4 is 54.7 Å². The van der Waals surface area contributed by atoms with E-state index >= 15 is 0 Å². The van der Waals surface area contributed by atoms with Crippen molar-refractivity contribution in [2.45, 2.75) is 24.2 Å². The van der Waals surface area contributed by atoms with Gasteiger partial charge in [-0.3, -0.25) is 4.79 Å². The van der Waals surface area contributed by atoms with Crippen molar-refractivity contribution < 1.29 is 13.2 Å². The lowest BCUT2D eigenvalue weighted by atomic mass is 10.1. The number of fused-ring (bicyclic) bond motifs is 3. The van der Waals surface area contributed by atoms with E-state index in [2.05, 4.69) is 20.6 Å². The minimum atomic E-state index is -3.85. The molecule has 0 saturated carbocycles. The van der Waals surface area contributed by atoms with Gasteiger partial charge in [-0.05, 0) is 67.3 Å². The van der Waals surface area contributed by atoms with Crippen LogP contribution >= 0.6 is 11.3 Å². The van der Waals surface area contributed by atoms with Crippen LogP contribution in [-0.4, -0.2) is 24.3 Å². The number of aromatic nitrogens is 2. The summed E-state index contributed by atoms with van der Waals surface area (Å²) in [5.41, 5.74) is 2.92. The molecule has 0 aliphatic heterocycles. The molecular formula is C22H19N5O3S2. The molecule has 0 atom stereocenters. The number of thiophene rings is 1. The van der Waals surface area contributed by atoms with Gasteiger partial charge < -0.3 is 10.6 Å². The lowest BCUT2D eigenvalue weighted by Crippen LogP contribution is -2.14. The molecule has 0 saturated heterocycles. The summed E-state index contributed by atoms with van der Waals surface area (Å²) in [6, 6.07) is 12.8. The number of amides is 1. The van der Waals surface area contributed by atoms with Crippen LogP contribution in [0.1, 0.15) is 27.2 Å². The lowest BCUT2D eigenvalue weighted by Gasteiger charge is -2.10. The van der Waals surface area contributed by atoms with Crippen LogP contribution in [0.4, 0.5) is 17.2 Å². The summed E-state index contributed by atoms with van der Waals surface area (Å²) in [6.07, 6.45) is 4.87. The highest BCUT2D eigenvalue weighted by Crippen LogP contribution is 2.39. The van der Waals surface area contributed by atoms with Crippen molar-refractivity contribution in [3.05, 3.63) is 70.9 Å². The number of carbonyl (C=O) groups excluding carboxylic acids is 1. The molecule has 1 aliphatic rings. The standard InChI is InChI=1S/C22H19N5O3S2/c23-32(29,30)16-4-1-3-15(11-16)27-21(28)13-7-9-14(10-8-13)26-20-19-17-5-2-6-18(17)31-22(19)25-12-24-20/h1,3-4,7-12H,2,5-6H2,(H,27,28)(H2,23,29,30)(H,24,25,26). The van der Waals surface area contributed by atoms with Gasteiger partial charge in [-0.1, -0.05) is 6.07 Å². The van der Waals surface area contributed by atoms with Crippen molar-refractivity contribution in [2.75, 3.05) is 10.6 Å². The number of sulfonamides is 1. The van der Waals surface area contributed by atoms with E-state index in [0.29, 0.717) is 11.3 Å². The normalized spacial score (nSPS) is 13.2. The fraction of sp³-hybridized carbons (Fsp3) is 0.136. The topological polar surface area (TPSA) is 127 Å². The molecule has 0 bridgehead atoms. The van der Waals surface area contributed by atoms with Crippen molar-refractivity contribution in [3.63, 3.8) is 0 Å². The highest BCUT2D eigenvalue weighted by molar-refractivity contribution is 7.89. The zero-order valence-electron chi connectivity index (χ0n) is 16.8. The van der Waals surface area contributed by atoms with Gasteiger partial charge in [0.15, 0.2) is 0 Å². The van der Waals surface area contributed by atoms with Crippen molar-refractivity contribution in [1.82, 2.24) is 9.97 Å². The second-order valence-corrected chi connectivity index (χ2v) is 10.1. The molecule has 162 valence electrons. The van der Waals surface area contributed by atoms with Crippen LogP contribution in [-0.2, 0) is 22.9 Å². The number of benzene rings is 2. The maximum Gasteiger partial charge on any atom is 0.255 e. The summed E-state index contributed by atoms with van der Waals surface area (Å²) in [6.45, 7) is 0. The number of nitrogens with two attached hydrogens (primary N) is 1. The van der Waals surface area contributed by atoms with Gasteiger partial charge in [0.1, 0.15) is 17.0 Å². The van der Waals surface area contributed by atoms with E-state index < -0.39 is 10.0 Å². The maximum absolute atomic E-state index is 12.6. The third-order valence-corrected chi connectivity index (χ3v) is 7.44. The van der Waals surface area contributed by atoms with E-state index in [9.17, 15) is 13.2 Å². The lowest BCUT2D eigenvalue weighted by molar-refractivity contribution is 0.102. The van der Waals surface area contributed by atoms with Crippen LogP contribution in [0.2, 0.25) is 0 Å². The maximum atomic E-state index is 12.6. The van der Waals surface area contributed by atoms with Gasteiger partial charge in [0, 0.05) is 21.8 Å². The summed E-state index contributed by atoms with van der Waals surface area (Å²) >= 11 is 1.73. The Hall–Kier alpha value is -3.34. The third kappa shape index (κ3) is 3.95. The van der Waals surface area contributed by atoms with E-state index in [1.54, 1.807) is 48.0 Å². The molecule has 0 unspecified atom stereocenters. The molecule has 1 amide bonds. The number of rotatable bonds is 5. The Morgan fingerprint density at radius 2 is 1.84 bits per heavy atom. The quantitative estimate of drug-likeness (QED) is 0.411. The number of nitrogens with one attached hydrogen (secondary N) is 2. The Morgan fingerprint density at radius 3 is 2.62 bits per heavy atom. The Kier molecular flexibility index (Phi) is 5.12. The average Bonchev–Trinajstić information content (AvgIpc) is 3.35. The van der Waals surface area contributed by atoms with Gasteiger partial charge in [0.05, 0.1) is 10.3 Å². The predicted octanol–water partition coefficient (Wildman–Crippen LogP) is 3.82. The zero-order chi connectivity index (χ0) is 22.3. The Morgan fingerprint density at radius 1 is 1.03 bits per heavy atom. The molecule has 2 aromatic carbocycles. The predicted molar refractivity (Wildman–Crippen MR) is 125 cm³/mol. The van der Waals surface area contributed by atoms with Crippen LogP contribution in [0.25, 0.3) is 10.2 Å². The number of nitrogens with zero attached hydrogens (tertiary/aromatic N) is 2. The summed E-state index contributed by atoms with van der Waals surface area (Å²) in [5.74, 6) is 0.412. The van der Waals surface area contributed by atoms with E-state index in [1.807, 2.05) is 0 Å². The van der Waals surface area contributed by atoms with Gasteiger partial charge in [0.2, 0.25) is 10.0 Å². The van der Waals surface area contributed by atoms with Gasteiger partial charge in [-0.25, -0.2) is 23.5 Å². The number of hydrogen-bond donors (Lipinski definition) is 3. The van der Waals surface area contributed by atoms with Crippen LogP contribution < -0.4 is 15.8 Å². The van der Waals surface area contributed by atoms with Gasteiger partial charge >= 0.3 is 0 Å². The zero-order valence-corrected chi connectivity index (χ0v) is 18.5. The first-order valence-electron chi connectivity index (χ1n) is 9.95. The third-order valence-electron chi connectivity index (χ3n) is 5.33. The molecule has 10 heteroatoms. The molecule has 4 aromatic rings. The van der Waals surface area contributed by atoms with Crippen molar-refractivity contribution in [2.24, 2.45) is 5.14 Å². The molecule has 5 rings (SSSR count). The Bertz CT molecular complexity index is 1450. The Balaban J connectivity index is 1.34. The monoisotopic (exact) mass is 465 g/mol. The number of carbonyl (C=O) groups is 1. The fourth-order valence-corrected chi connectivity index (χ4v) is 5.61. The van der Waals surface area contributed by atoms with Crippen LogP contribution in [0.5, 0.6) is 0 Å². The Labute approximate surface area is 188 Å².